The highest BCUT2D eigenvalue weighted by atomic mass is 35.5. The van der Waals surface area contributed by atoms with E-state index in [4.69, 9.17) is 16.3 Å². The summed E-state index contributed by atoms with van der Waals surface area (Å²) in [5.74, 6) is 0.755. The van der Waals surface area contributed by atoms with Gasteiger partial charge >= 0.3 is 0 Å². The van der Waals surface area contributed by atoms with Gasteiger partial charge < -0.3 is 4.74 Å². The molecule has 0 aromatic heterocycles. The van der Waals surface area contributed by atoms with Crippen LogP contribution in [-0.2, 0) is 0 Å². The Morgan fingerprint density at radius 3 is 2.68 bits per heavy atom. The number of halogens is 1. The predicted octanol–water partition coefficient (Wildman–Crippen LogP) is 4.41. The first kappa shape index (κ1) is 13.2. The Morgan fingerprint density at radius 2 is 2.00 bits per heavy atom. The van der Waals surface area contributed by atoms with Gasteiger partial charge in [-0.1, -0.05) is 41.9 Å². The number of allylic oxidation sites excluding steroid dienone is 1. The monoisotopic (exact) mass is 269 g/mol. The lowest BCUT2D eigenvalue weighted by molar-refractivity contribution is 0.414. The molecule has 0 aliphatic heterocycles. The molecule has 0 atom stereocenters. The molecule has 2 nitrogen and oxygen atoms in total. The standard InChI is InChI=1S/C16H12ClNO/c1-19-14-6-4-5-12(10-14)9-13(11-18)15-7-2-3-8-16(15)17/h2-10H,1H3. The van der Waals surface area contributed by atoms with Gasteiger partial charge in [-0.25, -0.2) is 0 Å². The van der Waals surface area contributed by atoms with Crippen LogP contribution in [0.2, 0.25) is 5.02 Å². The van der Waals surface area contributed by atoms with Crippen molar-refractivity contribution in [2.24, 2.45) is 0 Å². The van der Waals surface area contributed by atoms with Crippen LogP contribution >= 0.6 is 11.6 Å². The van der Waals surface area contributed by atoms with Crippen molar-refractivity contribution in [3.8, 4) is 11.8 Å². The molecule has 0 aliphatic carbocycles. The van der Waals surface area contributed by atoms with Crippen molar-refractivity contribution in [3.05, 3.63) is 64.7 Å². The highest BCUT2D eigenvalue weighted by Crippen LogP contribution is 2.25. The number of benzene rings is 2. The predicted molar refractivity (Wildman–Crippen MR) is 77.9 cm³/mol. The minimum atomic E-state index is 0.527. The van der Waals surface area contributed by atoms with Gasteiger partial charge in [0.25, 0.3) is 0 Å². The summed E-state index contributed by atoms with van der Waals surface area (Å²) in [4.78, 5) is 0. The average molecular weight is 270 g/mol. The topological polar surface area (TPSA) is 33.0 Å². The van der Waals surface area contributed by atoms with Crippen LogP contribution in [0, 0.1) is 11.3 Å². The van der Waals surface area contributed by atoms with Gasteiger partial charge in [0.1, 0.15) is 5.75 Å². The number of ether oxygens (including phenoxy) is 1. The van der Waals surface area contributed by atoms with Gasteiger partial charge in [0, 0.05) is 10.6 Å². The van der Waals surface area contributed by atoms with E-state index in [1.54, 1.807) is 19.3 Å². The summed E-state index contributed by atoms with van der Waals surface area (Å²) in [5.41, 5.74) is 2.16. The van der Waals surface area contributed by atoms with Gasteiger partial charge in [0.15, 0.2) is 0 Å². The zero-order chi connectivity index (χ0) is 13.7. The maximum Gasteiger partial charge on any atom is 0.119 e. The molecule has 0 bridgehead atoms. The number of methoxy groups -OCH3 is 1. The van der Waals surface area contributed by atoms with Crippen molar-refractivity contribution in [1.29, 1.82) is 5.26 Å². The van der Waals surface area contributed by atoms with Crippen LogP contribution in [0.15, 0.2) is 48.5 Å². The van der Waals surface area contributed by atoms with E-state index in [1.165, 1.54) is 0 Å². The van der Waals surface area contributed by atoms with Crippen LogP contribution in [0.5, 0.6) is 5.75 Å². The minimum absolute atomic E-state index is 0.527. The molecule has 0 radical (unpaired) electrons. The highest BCUT2D eigenvalue weighted by molar-refractivity contribution is 6.32. The first-order valence-corrected chi connectivity index (χ1v) is 6.13. The van der Waals surface area contributed by atoms with E-state index in [0.29, 0.717) is 10.6 Å². The normalized spacial score (nSPS) is 10.9. The third-order valence-corrected chi connectivity index (χ3v) is 3.02. The molecule has 0 amide bonds. The summed E-state index contributed by atoms with van der Waals surface area (Å²) in [7, 11) is 1.61. The van der Waals surface area contributed by atoms with E-state index >= 15 is 0 Å². The second-order valence-corrected chi connectivity index (χ2v) is 4.33. The molecule has 3 heteroatoms. The second kappa shape index (κ2) is 6.08. The van der Waals surface area contributed by atoms with E-state index in [0.717, 1.165) is 16.9 Å². The second-order valence-electron chi connectivity index (χ2n) is 3.93. The van der Waals surface area contributed by atoms with E-state index < -0.39 is 0 Å². The Balaban J connectivity index is 2.45. The third kappa shape index (κ3) is 3.15. The van der Waals surface area contributed by atoms with Crippen LogP contribution in [0.3, 0.4) is 0 Å². The first-order chi connectivity index (χ1) is 9.24. The van der Waals surface area contributed by atoms with Crippen molar-refractivity contribution in [2.45, 2.75) is 0 Å². The SMILES string of the molecule is COc1cccc(C=C(C#N)c2ccccc2Cl)c1. The Morgan fingerprint density at radius 1 is 1.21 bits per heavy atom. The molecule has 0 saturated carbocycles. The van der Waals surface area contributed by atoms with Crippen LogP contribution in [0.4, 0.5) is 0 Å². The highest BCUT2D eigenvalue weighted by Gasteiger charge is 2.05. The van der Waals surface area contributed by atoms with Gasteiger partial charge in [-0.15, -0.1) is 0 Å². The van der Waals surface area contributed by atoms with Gasteiger partial charge in [0.05, 0.1) is 18.8 Å². The summed E-state index contributed by atoms with van der Waals surface area (Å²) >= 11 is 6.11. The summed E-state index contributed by atoms with van der Waals surface area (Å²) in [6, 6.07) is 17.0. The molecule has 2 aromatic carbocycles. The lowest BCUT2D eigenvalue weighted by Gasteiger charge is -2.04. The number of nitriles is 1. The smallest absolute Gasteiger partial charge is 0.119 e. The molecular formula is C16H12ClNO. The molecule has 0 heterocycles. The van der Waals surface area contributed by atoms with E-state index in [9.17, 15) is 5.26 Å². The van der Waals surface area contributed by atoms with Crippen LogP contribution in [-0.4, -0.2) is 7.11 Å². The number of rotatable bonds is 3. The number of hydrogen-bond donors (Lipinski definition) is 0. The molecule has 19 heavy (non-hydrogen) atoms. The molecule has 0 unspecified atom stereocenters. The van der Waals surface area contributed by atoms with Crippen molar-refractivity contribution in [1.82, 2.24) is 0 Å². The molecule has 0 aliphatic rings. The number of nitrogens with zero attached hydrogens (tertiary/aromatic N) is 1. The Hall–Kier alpha value is -2.24. The van der Waals surface area contributed by atoms with Crippen LogP contribution in [0.25, 0.3) is 11.6 Å². The van der Waals surface area contributed by atoms with Crippen molar-refractivity contribution in [3.63, 3.8) is 0 Å². The Kier molecular flexibility index (Phi) is 4.22. The minimum Gasteiger partial charge on any atom is -0.497 e. The Bertz CT molecular complexity index is 656. The van der Waals surface area contributed by atoms with Crippen LogP contribution in [0.1, 0.15) is 11.1 Å². The lowest BCUT2D eigenvalue weighted by atomic mass is 10.0. The summed E-state index contributed by atoms with van der Waals surface area (Å²) in [6.07, 6.45) is 1.80. The lowest BCUT2D eigenvalue weighted by Crippen LogP contribution is -1.85. The first-order valence-electron chi connectivity index (χ1n) is 5.75. The zero-order valence-electron chi connectivity index (χ0n) is 10.4. The Labute approximate surface area is 117 Å². The fourth-order valence-corrected chi connectivity index (χ4v) is 1.99. The molecule has 0 saturated heterocycles. The maximum atomic E-state index is 9.28. The van der Waals surface area contributed by atoms with Gasteiger partial charge in [-0.3, -0.25) is 0 Å². The third-order valence-electron chi connectivity index (χ3n) is 2.69. The average Bonchev–Trinajstić information content (AvgIpc) is 2.46. The molecular weight excluding hydrogens is 258 g/mol. The van der Waals surface area contributed by atoms with Crippen molar-refractivity contribution in [2.75, 3.05) is 7.11 Å². The largest absolute Gasteiger partial charge is 0.497 e. The maximum absolute atomic E-state index is 9.28. The molecule has 94 valence electrons. The summed E-state index contributed by atoms with van der Waals surface area (Å²) < 4.78 is 5.16. The summed E-state index contributed by atoms with van der Waals surface area (Å²) in [5, 5.41) is 9.85. The van der Waals surface area contributed by atoms with Crippen molar-refractivity contribution < 1.29 is 4.74 Å². The fraction of sp³-hybridized carbons (Fsp3) is 0.0625. The zero-order valence-corrected chi connectivity index (χ0v) is 11.2. The summed E-state index contributed by atoms with van der Waals surface area (Å²) in [6.45, 7) is 0. The molecule has 0 spiro atoms. The number of hydrogen-bond acceptors (Lipinski definition) is 2. The fourth-order valence-electron chi connectivity index (χ4n) is 1.75. The van der Waals surface area contributed by atoms with E-state index in [-0.39, 0.29) is 0 Å². The van der Waals surface area contributed by atoms with Crippen molar-refractivity contribution >= 4 is 23.3 Å². The van der Waals surface area contributed by atoms with E-state index in [1.807, 2.05) is 42.5 Å². The van der Waals surface area contributed by atoms with Crippen LogP contribution < -0.4 is 4.74 Å². The molecule has 0 N–H and O–H groups in total. The van der Waals surface area contributed by atoms with Gasteiger partial charge in [-0.05, 0) is 29.8 Å². The molecule has 2 aromatic rings. The van der Waals surface area contributed by atoms with Gasteiger partial charge in [0.2, 0.25) is 0 Å². The van der Waals surface area contributed by atoms with E-state index in [2.05, 4.69) is 6.07 Å². The molecule has 0 fully saturated rings. The van der Waals surface area contributed by atoms with Gasteiger partial charge in [-0.2, -0.15) is 5.26 Å². The molecule has 2 rings (SSSR count). The quantitative estimate of drug-likeness (QED) is 0.611.